The second kappa shape index (κ2) is 6.99. The van der Waals surface area contributed by atoms with E-state index in [0.717, 1.165) is 33.6 Å². The zero-order chi connectivity index (χ0) is 25.2. The van der Waals surface area contributed by atoms with E-state index in [9.17, 15) is 9.59 Å². The lowest BCUT2D eigenvalue weighted by molar-refractivity contribution is -0.142. The summed E-state index contributed by atoms with van der Waals surface area (Å²) in [4.78, 5) is 33.2. The van der Waals surface area contributed by atoms with Gasteiger partial charge in [-0.1, -0.05) is 35.4 Å². The monoisotopic (exact) mass is 470 g/mol. The van der Waals surface area contributed by atoms with Crippen LogP contribution in [0.2, 0.25) is 0 Å². The highest BCUT2D eigenvalue weighted by Gasteiger charge is 2.84. The van der Waals surface area contributed by atoms with E-state index in [4.69, 9.17) is 0 Å². The van der Waals surface area contributed by atoms with E-state index < -0.39 is 11.1 Å². The molecule has 2 bridgehead atoms. The molecule has 1 heterocycles. The van der Waals surface area contributed by atoms with Crippen molar-refractivity contribution in [3.8, 4) is 0 Å². The molecule has 1 spiro atoms. The van der Waals surface area contributed by atoms with Crippen LogP contribution in [0.15, 0.2) is 24.3 Å². The third-order valence-corrected chi connectivity index (χ3v) is 9.70. The molecule has 2 aromatic carbocycles. The second-order valence-corrected chi connectivity index (χ2v) is 12.6. The minimum atomic E-state index is -1.13. The lowest BCUT2D eigenvalue weighted by atomic mass is 9.81. The number of hydrogen-bond acceptors (Lipinski definition) is 2. The van der Waals surface area contributed by atoms with Crippen LogP contribution in [0.3, 0.4) is 0 Å². The van der Waals surface area contributed by atoms with Gasteiger partial charge >= 0.3 is 0 Å². The molecule has 35 heavy (non-hydrogen) atoms. The van der Waals surface area contributed by atoms with Crippen LogP contribution in [-0.2, 0) is 9.59 Å². The highest BCUT2D eigenvalue weighted by molar-refractivity contribution is 6.22. The van der Waals surface area contributed by atoms with Crippen LogP contribution in [0, 0.1) is 70.6 Å². The summed E-state index contributed by atoms with van der Waals surface area (Å²) in [6, 6.07) is 8.75. The molecule has 3 aliphatic carbocycles. The van der Waals surface area contributed by atoms with Crippen LogP contribution < -0.4 is 9.80 Å². The predicted octanol–water partition coefficient (Wildman–Crippen LogP) is 6.32. The zero-order valence-electron chi connectivity index (χ0n) is 22.5. The van der Waals surface area contributed by atoms with Crippen molar-refractivity contribution in [2.24, 2.45) is 29.1 Å². The first-order valence-electron chi connectivity index (χ1n) is 13.3. The molecule has 6 rings (SSSR count). The molecule has 4 atom stereocenters. The maximum atomic E-state index is 14.4. The Balaban J connectivity index is 1.67. The third kappa shape index (κ3) is 2.69. The molecular formula is C31H38N2O2. The van der Waals surface area contributed by atoms with Crippen LogP contribution in [0.4, 0.5) is 11.4 Å². The zero-order valence-corrected chi connectivity index (χ0v) is 22.5. The molecule has 1 aliphatic heterocycles. The quantitative estimate of drug-likeness (QED) is 0.482. The third-order valence-electron chi connectivity index (χ3n) is 9.70. The molecule has 2 amide bonds. The summed E-state index contributed by atoms with van der Waals surface area (Å²) in [5.41, 5.74) is 7.20. The number of aryl methyl sites for hydroxylation is 6. The smallest absolute Gasteiger partial charge is 0.244 e. The number of anilines is 2. The summed E-state index contributed by atoms with van der Waals surface area (Å²) >= 11 is 0. The highest BCUT2D eigenvalue weighted by atomic mass is 16.2. The van der Waals surface area contributed by atoms with Gasteiger partial charge in [-0.15, -0.1) is 0 Å². The van der Waals surface area contributed by atoms with Crippen molar-refractivity contribution in [2.45, 2.75) is 80.3 Å². The Morgan fingerprint density at radius 2 is 1.00 bits per heavy atom. The molecule has 3 saturated carbocycles. The topological polar surface area (TPSA) is 40.6 Å². The maximum Gasteiger partial charge on any atom is 0.244 e. The Hall–Kier alpha value is -2.62. The first-order chi connectivity index (χ1) is 16.4. The van der Waals surface area contributed by atoms with Gasteiger partial charge < -0.3 is 0 Å². The standard InChI is InChI=1S/C31H38N2O2/c1-16-11-18(3)26(19(4)12-16)32-28(34)30(7,8)29(35)33(27-20(5)13-17(2)14-21(27)6)31(32)24-22-9-10-23(15-22)25(24)31/h11-14,22-25H,9-10,15H2,1-8H3/t22?,23?,24-,25+. The van der Waals surface area contributed by atoms with Gasteiger partial charge in [0.1, 0.15) is 11.1 Å². The molecule has 4 aliphatic rings. The molecule has 4 fully saturated rings. The molecule has 0 N–H and O–H groups in total. The van der Waals surface area contributed by atoms with Crippen molar-refractivity contribution in [3.05, 3.63) is 57.6 Å². The van der Waals surface area contributed by atoms with Crippen LogP contribution >= 0.6 is 0 Å². The van der Waals surface area contributed by atoms with Gasteiger partial charge in [-0.25, -0.2) is 0 Å². The van der Waals surface area contributed by atoms with Gasteiger partial charge in [0.25, 0.3) is 0 Å². The number of carbonyl (C=O) groups excluding carboxylic acids is 2. The molecule has 0 aromatic heterocycles. The van der Waals surface area contributed by atoms with Crippen LogP contribution in [0.25, 0.3) is 0 Å². The Morgan fingerprint density at radius 1 is 0.657 bits per heavy atom. The number of rotatable bonds is 2. The van der Waals surface area contributed by atoms with Crippen molar-refractivity contribution >= 4 is 23.2 Å². The van der Waals surface area contributed by atoms with Crippen molar-refractivity contribution in [1.29, 1.82) is 0 Å². The number of benzene rings is 2. The fourth-order valence-electron chi connectivity index (χ4n) is 8.68. The van der Waals surface area contributed by atoms with Crippen molar-refractivity contribution in [2.75, 3.05) is 9.80 Å². The number of hydrogen-bond donors (Lipinski definition) is 0. The fourth-order valence-corrected chi connectivity index (χ4v) is 8.68. The van der Waals surface area contributed by atoms with Crippen molar-refractivity contribution in [3.63, 3.8) is 0 Å². The summed E-state index contributed by atoms with van der Waals surface area (Å²) in [6.45, 7) is 16.4. The lowest BCUT2D eigenvalue weighted by Crippen LogP contribution is -2.71. The molecule has 0 radical (unpaired) electrons. The van der Waals surface area contributed by atoms with E-state index >= 15 is 0 Å². The van der Waals surface area contributed by atoms with E-state index in [2.05, 4.69) is 75.6 Å². The summed E-state index contributed by atoms with van der Waals surface area (Å²) < 4.78 is 0. The normalized spacial score (nSPS) is 29.8. The number of nitrogens with zero attached hydrogens (tertiary/aromatic N) is 2. The Bertz CT molecular complexity index is 1160. The molecule has 4 nitrogen and oxygen atoms in total. The maximum absolute atomic E-state index is 14.4. The van der Waals surface area contributed by atoms with Gasteiger partial charge in [-0.05, 0) is 109 Å². The number of amides is 2. The van der Waals surface area contributed by atoms with E-state index in [1.54, 1.807) is 0 Å². The molecule has 2 unspecified atom stereocenters. The van der Waals surface area contributed by atoms with E-state index in [-0.39, 0.29) is 11.8 Å². The average molecular weight is 471 g/mol. The lowest BCUT2D eigenvalue weighted by Gasteiger charge is -2.53. The second-order valence-electron chi connectivity index (χ2n) is 12.6. The van der Waals surface area contributed by atoms with E-state index in [1.807, 2.05) is 13.8 Å². The van der Waals surface area contributed by atoms with Gasteiger partial charge in [-0.2, -0.15) is 0 Å². The van der Waals surface area contributed by atoms with Gasteiger partial charge in [0.15, 0.2) is 0 Å². The van der Waals surface area contributed by atoms with Crippen molar-refractivity contribution in [1.82, 2.24) is 0 Å². The van der Waals surface area contributed by atoms with Crippen LogP contribution in [-0.4, -0.2) is 17.5 Å². The summed E-state index contributed by atoms with van der Waals surface area (Å²) in [6.07, 6.45) is 3.69. The Labute approximate surface area is 209 Å². The largest absolute Gasteiger partial charge is 0.286 e. The average Bonchev–Trinajstić information content (AvgIpc) is 3.04. The minimum absolute atomic E-state index is 0.0370. The van der Waals surface area contributed by atoms with E-state index in [0.29, 0.717) is 23.7 Å². The number of carbonyl (C=O) groups is 2. The molecule has 2 aromatic rings. The Kier molecular flexibility index (Phi) is 4.56. The van der Waals surface area contributed by atoms with Crippen LogP contribution in [0.5, 0.6) is 0 Å². The van der Waals surface area contributed by atoms with Gasteiger partial charge in [-0.3, -0.25) is 19.4 Å². The van der Waals surface area contributed by atoms with Crippen molar-refractivity contribution < 1.29 is 9.59 Å². The van der Waals surface area contributed by atoms with E-state index in [1.165, 1.54) is 30.4 Å². The molecular weight excluding hydrogens is 432 g/mol. The SMILES string of the molecule is Cc1cc(C)c(N2C(=O)C(C)(C)C(=O)N(c3c(C)cc(C)cc3C)C23[C@@H]2C4CCC(C4)[C@@H]23)c(C)c1. The minimum Gasteiger partial charge on any atom is -0.286 e. The summed E-state index contributed by atoms with van der Waals surface area (Å²) in [5, 5.41) is 0. The Morgan fingerprint density at radius 3 is 1.34 bits per heavy atom. The predicted molar refractivity (Wildman–Crippen MR) is 141 cm³/mol. The van der Waals surface area contributed by atoms with Crippen LogP contribution in [0.1, 0.15) is 66.5 Å². The van der Waals surface area contributed by atoms with Gasteiger partial charge in [0.2, 0.25) is 11.8 Å². The molecule has 1 saturated heterocycles. The summed E-state index contributed by atoms with van der Waals surface area (Å²) in [5.74, 6) is 1.81. The van der Waals surface area contributed by atoms with Gasteiger partial charge in [0.05, 0.1) is 11.4 Å². The number of fused-ring (bicyclic) bond motifs is 7. The first-order valence-corrected chi connectivity index (χ1v) is 13.3. The fraction of sp³-hybridized carbons (Fsp3) is 0.548. The first kappa shape index (κ1) is 22.8. The molecule has 4 heteroatoms. The molecule has 184 valence electrons. The van der Waals surface area contributed by atoms with Gasteiger partial charge in [0, 0.05) is 11.8 Å². The highest BCUT2D eigenvalue weighted by Crippen LogP contribution is 2.76. The summed E-state index contributed by atoms with van der Waals surface area (Å²) in [7, 11) is 0.